The molecule has 0 bridgehead atoms. The fourth-order valence-corrected chi connectivity index (χ4v) is 1.15. The number of carbonyl (C=O) groups is 1. The van der Waals surface area contributed by atoms with E-state index in [1.54, 1.807) is 0 Å². The van der Waals surface area contributed by atoms with E-state index in [0.29, 0.717) is 12.8 Å². The van der Waals surface area contributed by atoms with E-state index in [0.717, 1.165) is 12.1 Å². The number of carboxylic acid groups (broad SMARTS) is 1. The maximum absolute atomic E-state index is 13.2. The summed E-state index contributed by atoms with van der Waals surface area (Å²) in [6.45, 7) is -0.120. The topological polar surface area (TPSA) is 46.5 Å². The van der Waals surface area contributed by atoms with Crippen molar-refractivity contribution in [3.8, 4) is 5.75 Å². The summed E-state index contributed by atoms with van der Waals surface area (Å²) in [5, 5.41) is 8.58. The van der Waals surface area contributed by atoms with Gasteiger partial charge in [-0.2, -0.15) is 0 Å². The van der Waals surface area contributed by atoms with E-state index in [-0.39, 0.29) is 12.4 Å². The Morgan fingerprint density at radius 2 is 2.12 bits per heavy atom. The summed E-state index contributed by atoms with van der Waals surface area (Å²) in [5.74, 6) is -1.90. The van der Waals surface area contributed by atoms with Crippen molar-refractivity contribution in [1.29, 1.82) is 0 Å². The fourth-order valence-electron chi connectivity index (χ4n) is 1.15. The highest BCUT2D eigenvalue weighted by Crippen LogP contribution is 2.17. The zero-order valence-electron chi connectivity index (χ0n) is 8.58. The second-order valence-corrected chi connectivity index (χ2v) is 3.19. The number of benzene rings is 1. The SMILES string of the molecule is O=C(O)c1ccc(OCCCCF)cc1F. The van der Waals surface area contributed by atoms with Crippen LogP contribution in [-0.2, 0) is 0 Å². The molecule has 0 saturated heterocycles. The Kier molecular flexibility index (Phi) is 4.69. The van der Waals surface area contributed by atoms with E-state index < -0.39 is 24.0 Å². The van der Waals surface area contributed by atoms with Gasteiger partial charge in [0.1, 0.15) is 11.6 Å². The third-order valence-corrected chi connectivity index (χ3v) is 1.97. The van der Waals surface area contributed by atoms with Crippen LogP contribution in [0.2, 0.25) is 0 Å². The molecule has 0 saturated carbocycles. The number of hydrogen-bond acceptors (Lipinski definition) is 2. The van der Waals surface area contributed by atoms with Crippen molar-refractivity contribution in [2.45, 2.75) is 12.8 Å². The molecule has 16 heavy (non-hydrogen) atoms. The first-order valence-corrected chi connectivity index (χ1v) is 4.86. The van der Waals surface area contributed by atoms with Gasteiger partial charge in [-0.3, -0.25) is 4.39 Å². The summed E-state index contributed by atoms with van der Waals surface area (Å²) >= 11 is 0. The highest BCUT2D eigenvalue weighted by Gasteiger charge is 2.10. The van der Waals surface area contributed by atoms with E-state index in [2.05, 4.69) is 0 Å². The van der Waals surface area contributed by atoms with Crippen molar-refractivity contribution in [1.82, 2.24) is 0 Å². The van der Waals surface area contributed by atoms with Gasteiger partial charge < -0.3 is 9.84 Å². The van der Waals surface area contributed by atoms with E-state index in [4.69, 9.17) is 9.84 Å². The van der Waals surface area contributed by atoms with Crippen LogP contribution in [0, 0.1) is 5.82 Å². The smallest absolute Gasteiger partial charge is 0.338 e. The van der Waals surface area contributed by atoms with E-state index >= 15 is 0 Å². The van der Waals surface area contributed by atoms with Gasteiger partial charge >= 0.3 is 5.97 Å². The number of carboxylic acids is 1. The number of aromatic carboxylic acids is 1. The molecular weight excluding hydrogens is 218 g/mol. The summed E-state index contributed by atoms with van der Waals surface area (Å²) in [6, 6.07) is 3.53. The Bertz CT molecular complexity index is 366. The van der Waals surface area contributed by atoms with Crippen LogP contribution in [0.4, 0.5) is 8.78 Å². The standard InChI is InChI=1S/C11H12F2O3/c12-5-1-2-6-16-8-3-4-9(11(14)15)10(13)7-8/h3-4,7H,1-2,5-6H2,(H,14,15). The normalized spacial score (nSPS) is 10.1. The lowest BCUT2D eigenvalue weighted by Crippen LogP contribution is -2.02. The molecule has 0 aliphatic carbocycles. The van der Waals surface area contributed by atoms with Crippen molar-refractivity contribution in [3.63, 3.8) is 0 Å². The van der Waals surface area contributed by atoms with Crippen LogP contribution in [0.3, 0.4) is 0 Å². The molecule has 1 N–H and O–H groups in total. The number of hydrogen-bond donors (Lipinski definition) is 1. The lowest BCUT2D eigenvalue weighted by Gasteiger charge is -2.06. The molecule has 0 fully saturated rings. The number of alkyl halides is 1. The van der Waals surface area contributed by atoms with Crippen LogP contribution in [0.5, 0.6) is 5.75 Å². The van der Waals surface area contributed by atoms with Gasteiger partial charge in [0.15, 0.2) is 0 Å². The Morgan fingerprint density at radius 1 is 1.38 bits per heavy atom. The Labute approximate surface area is 91.7 Å². The molecule has 0 aliphatic heterocycles. The first-order chi connectivity index (χ1) is 7.65. The Hall–Kier alpha value is -1.65. The van der Waals surface area contributed by atoms with Crippen molar-refractivity contribution >= 4 is 5.97 Å². The predicted octanol–water partition coefficient (Wildman–Crippen LogP) is 2.65. The van der Waals surface area contributed by atoms with Gasteiger partial charge in [0.25, 0.3) is 0 Å². The second kappa shape index (κ2) is 6.05. The van der Waals surface area contributed by atoms with Crippen molar-refractivity contribution in [2.75, 3.05) is 13.3 Å². The maximum Gasteiger partial charge on any atom is 0.338 e. The minimum absolute atomic E-state index is 0.251. The van der Waals surface area contributed by atoms with Gasteiger partial charge in [0, 0.05) is 6.07 Å². The first-order valence-electron chi connectivity index (χ1n) is 4.86. The molecule has 5 heteroatoms. The number of ether oxygens (including phenoxy) is 1. The summed E-state index contributed by atoms with van der Waals surface area (Å²) in [5.41, 5.74) is -0.392. The van der Waals surface area contributed by atoms with Gasteiger partial charge in [0.05, 0.1) is 18.8 Å². The van der Waals surface area contributed by atoms with Gasteiger partial charge in [0.2, 0.25) is 0 Å². The third kappa shape index (κ3) is 3.49. The maximum atomic E-state index is 13.2. The molecule has 3 nitrogen and oxygen atoms in total. The quantitative estimate of drug-likeness (QED) is 0.764. The van der Waals surface area contributed by atoms with Crippen LogP contribution in [-0.4, -0.2) is 24.4 Å². The molecule has 1 aromatic rings. The first kappa shape index (κ1) is 12.4. The zero-order chi connectivity index (χ0) is 12.0. The van der Waals surface area contributed by atoms with E-state index in [1.165, 1.54) is 6.07 Å². The highest BCUT2D eigenvalue weighted by atomic mass is 19.1. The lowest BCUT2D eigenvalue weighted by atomic mass is 10.2. The summed E-state index contributed by atoms with van der Waals surface area (Å²) in [7, 11) is 0. The molecule has 1 aromatic carbocycles. The largest absolute Gasteiger partial charge is 0.493 e. The molecule has 0 unspecified atom stereocenters. The second-order valence-electron chi connectivity index (χ2n) is 3.19. The minimum Gasteiger partial charge on any atom is -0.493 e. The number of halogens is 2. The Morgan fingerprint density at radius 3 is 2.69 bits per heavy atom. The van der Waals surface area contributed by atoms with Gasteiger partial charge in [-0.05, 0) is 25.0 Å². The van der Waals surface area contributed by atoms with Crippen LogP contribution < -0.4 is 4.74 Å². The van der Waals surface area contributed by atoms with Gasteiger partial charge in [-0.15, -0.1) is 0 Å². The predicted molar refractivity (Wildman–Crippen MR) is 54.1 cm³/mol. The average molecular weight is 230 g/mol. The van der Waals surface area contributed by atoms with Gasteiger partial charge in [-0.25, -0.2) is 9.18 Å². The van der Waals surface area contributed by atoms with Crippen molar-refractivity contribution in [2.24, 2.45) is 0 Å². The van der Waals surface area contributed by atoms with Crippen molar-refractivity contribution in [3.05, 3.63) is 29.6 Å². The van der Waals surface area contributed by atoms with E-state index in [9.17, 15) is 13.6 Å². The van der Waals surface area contributed by atoms with Crippen LogP contribution in [0.25, 0.3) is 0 Å². The Balaban J connectivity index is 2.56. The van der Waals surface area contributed by atoms with Crippen LogP contribution >= 0.6 is 0 Å². The third-order valence-electron chi connectivity index (χ3n) is 1.97. The summed E-state index contributed by atoms with van der Waals surface area (Å²) < 4.78 is 30.0. The molecule has 0 radical (unpaired) electrons. The number of rotatable bonds is 6. The van der Waals surface area contributed by atoms with Crippen molar-refractivity contribution < 1.29 is 23.4 Å². The molecule has 0 atom stereocenters. The fraction of sp³-hybridized carbons (Fsp3) is 0.364. The van der Waals surface area contributed by atoms with Crippen LogP contribution in [0.15, 0.2) is 18.2 Å². The lowest BCUT2D eigenvalue weighted by molar-refractivity contribution is 0.0692. The average Bonchev–Trinajstić information content (AvgIpc) is 2.24. The molecule has 0 heterocycles. The molecule has 88 valence electrons. The highest BCUT2D eigenvalue weighted by molar-refractivity contribution is 5.88. The zero-order valence-corrected chi connectivity index (χ0v) is 8.58. The summed E-state index contributed by atoms with van der Waals surface area (Å²) in [4.78, 5) is 10.5. The minimum atomic E-state index is -1.32. The molecule has 0 aliphatic rings. The molecule has 0 amide bonds. The van der Waals surface area contributed by atoms with Gasteiger partial charge in [-0.1, -0.05) is 0 Å². The van der Waals surface area contributed by atoms with Crippen LogP contribution in [0.1, 0.15) is 23.2 Å². The molecule has 1 rings (SSSR count). The molecular formula is C11H12F2O3. The molecule has 0 aromatic heterocycles. The molecule has 0 spiro atoms. The monoisotopic (exact) mass is 230 g/mol. The number of unbranched alkanes of at least 4 members (excludes halogenated alkanes) is 1. The van der Waals surface area contributed by atoms with E-state index in [1.807, 2.05) is 0 Å². The summed E-state index contributed by atoms with van der Waals surface area (Å²) in [6.07, 6.45) is 0.939.